The van der Waals surface area contributed by atoms with Crippen LogP contribution in [-0.4, -0.2) is 54.0 Å². The first-order valence-electron chi connectivity index (χ1n) is 7.28. The van der Waals surface area contributed by atoms with Crippen LogP contribution in [0, 0.1) is 0 Å². The summed E-state index contributed by atoms with van der Waals surface area (Å²) < 4.78 is 0. The van der Waals surface area contributed by atoms with Crippen molar-refractivity contribution in [2.45, 2.75) is 18.5 Å². The lowest BCUT2D eigenvalue weighted by molar-refractivity contribution is -0.133. The van der Waals surface area contributed by atoms with Crippen LogP contribution in [-0.2, 0) is 4.79 Å². The molecule has 0 aromatic heterocycles. The van der Waals surface area contributed by atoms with Crippen LogP contribution in [0.3, 0.4) is 0 Å². The van der Waals surface area contributed by atoms with E-state index in [2.05, 4.69) is 5.32 Å². The standard InChI is InChI=1S/C15H20N4O2/c16-13(11-4-2-1-3-5-11)8-14(20)18-6-7-19-12(10-18)9-17-15(19)21/h1-5,12-13H,6-10,16H2,(H,17,21). The van der Waals surface area contributed by atoms with E-state index in [0.717, 1.165) is 5.56 Å². The van der Waals surface area contributed by atoms with E-state index in [1.54, 1.807) is 4.90 Å². The first-order valence-corrected chi connectivity index (χ1v) is 7.28. The van der Waals surface area contributed by atoms with Crippen molar-refractivity contribution in [3.05, 3.63) is 35.9 Å². The van der Waals surface area contributed by atoms with Gasteiger partial charge in [0.2, 0.25) is 5.91 Å². The van der Waals surface area contributed by atoms with Crippen molar-refractivity contribution >= 4 is 11.9 Å². The highest BCUT2D eigenvalue weighted by molar-refractivity contribution is 5.79. The molecule has 21 heavy (non-hydrogen) atoms. The van der Waals surface area contributed by atoms with E-state index in [0.29, 0.717) is 32.6 Å². The number of carbonyl (C=O) groups is 2. The van der Waals surface area contributed by atoms with E-state index in [9.17, 15) is 9.59 Å². The summed E-state index contributed by atoms with van der Waals surface area (Å²) in [5, 5.41) is 2.81. The van der Waals surface area contributed by atoms with E-state index in [4.69, 9.17) is 5.73 Å². The molecule has 0 saturated carbocycles. The lowest BCUT2D eigenvalue weighted by atomic mass is 10.0. The normalized spacial score (nSPS) is 22.7. The molecule has 6 heteroatoms. The molecule has 2 atom stereocenters. The van der Waals surface area contributed by atoms with Crippen LogP contribution in [0.25, 0.3) is 0 Å². The molecule has 3 rings (SSSR count). The molecule has 6 nitrogen and oxygen atoms in total. The van der Waals surface area contributed by atoms with Crippen LogP contribution in [0.1, 0.15) is 18.0 Å². The number of benzene rings is 1. The molecule has 2 unspecified atom stereocenters. The largest absolute Gasteiger partial charge is 0.339 e. The number of nitrogens with two attached hydrogens (primary N) is 1. The van der Waals surface area contributed by atoms with Crippen LogP contribution in [0.2, 0.25) is 0 Å². The van der Waals surface area contributed by atoms with E-state index in [1.807, 2.05) is 35.2 Å². The van der Waals surface area contributed by atoms with Crippen molar-refractivity contribution in [3.8, 4) is 0 Å². The fourth-order valence-corrected chi connectivity index (χ4v) is 2.97. The zero-order chi connectivity index (χ0) is 14.8. The van der Waals surface area contributed by atoms with Gasteiger partial charge in [0.15, 0.2) is 0 Å². The summed E-state index contributed by atoms with van der Waals surface area (Å²) in [7, 11) is 0. The highest BCUT2D eigenvalue weighted by Crippen LogP contribution is 2.18. The number of amides is 3. The molecule has 2 saturated heterocycles. The Morgan fingerprint density at radius 2 is 2.10 bits per heavy atom. The predicted molar refractivity (Wildman–Crippen MR) is 78.5 cm³/mol. The van der Waals surface area contributed by atoms with Gasteiger partial charge in [-0.25, -0.2) is 4.79 Å². The molecule has 1 aromatic carbocycles. The average molecular weight is 288 g/mol. The van der Waals surface area contributed by atoms with Gasteiger partial charge in [0.1, 0.15) is 0 Å². The van der Waals surface area contributed by atoms with Gasteiger partial charge in [-0.05, 0) is 5.56 Å². The van der Waals surface area contributed by atoms with Crippen LogP contribution in [0.15, 0.2) is 30.3 Å². The van der Waals surface area contributed by atoms with Gasteiger partial charge in [-0.1, -0.05) is 30.3 Å². The van der Waals surface area contributed by atoms with E-state index < -0.39 is 0 Å². The molecule has 2 aliphatic heterocycles. The van der Waals surface area contributed by atoms with Crippen LogP contribution in [0.4, 0.5) is 4.79 Å². The van der Waals surface area contributed by atoms with E-state index >= 15 is 0 Å². The molecule has 0 aliphatic carbocycles. The number of fused-ring (bicyclic) bond motifs is 1. The maximum atomic E-state index is 12.4. The summed E-state index contributed by atoms with van der Waals surface area (Å²) >= 11 is 0. The van der Waals surface area contributed by atoms with Gasteiger partial charge in [-0.15, -0.1) is 0 Å². The Labute approximate surface area is 123 Å². The van der Waals surface area contributed by atoms with Crippen LogP contribution in [0.5, 0.6) is 0 Å². The molecule has 2 fully saturated rings. The van der Waals surface area contributed by atoms with Gasteiger partial charge in [0.25, 0.3) is 0 Å². The molecular formula is C15H20N4O2. The van der Waals surface area contributed by atoms with Crippen LogP contribution < -0.4 is 11.1 Å². The minimum absolute atomic E-state index is 0.0203. The second-order valence-electron chi connectivity index (χ2n) is 5.59. The molecular weight excluding hydrogens is 268 g/mol. The highest BCUT2D eigenvalue weighted by Gasteiger charge is 2.36. The van der Waals surface area contributed by atoms with Crippen molar-refractivity contribution in [2.75, 3.05) is 26.2 Å². The van der Waals surface area contributed by atoms with Gasteiger partial charge in [0, 0.05) is 38.6 Å². The lowest BCUT2D eigenvalue weighted by Gasteiger charge is -2.36. The number of hydrogen-bond acceptors (Lipinski definition) is 3. The lowest BCUT2D eigenvalue weighted by Crippen LogP contribution is -2.54. The summed E-state index contributed by atoms with van der Waals surface area (Å²) in [6, 6.07) is 9.46. The maximum absolute atomic E-state index is 12.4. The zero-order valence-corrected chi connectivity index (χ0v) is 11.9. The Kier molecular flexibility index (Phi) is 3.79. The van der Waals surface area contributed by atoms with Crippen molar-refractivity contribution in [3.63, 3.8) is 0 Å². The van der Waals surface area contributed by atoms with Gasteiger partial charge in [0.05, 0.1) is 6.04 Å². The zero-order valence-electron chi connectivity index (χ0n) is 11.9. The van der Waals surface area contributed by atoms with Crippen molar-refractivity contribution in [2.24, 2.45) is 5.73 Å². The van der Waals surface area contributed by atoms with E-state index in [1.165, 1.54) is 0 Å². The van der Waals surface area contributed by atoms with Crippen LogP contribution >= 0.6 is 0 Å². The quantitative estimate of drug-likeness (QED) is 0.840. The summed E-state index contributed by atoms with van der Waals surface area (Å²) in [6.07, 6.45) is 0.304. The Bertz CT molecular complexity index is 534. The van der Waals surface area contributed by atoms with Crippen molar-refractivity contribution in [1.29, 1.82) is 0 Å². The monoisotopic (exact) mass is 288 g/mol. The molecule has 2 aliphatic rings. The number of rotatable bonds is 3. The number of urea groups is 1. The minimum Gasteiger partial charge on any atom is -0.339 e. The molecule has 1 aromatic rings. The smallest absolute Gasteiger partial charge is 0.317 e. The number of piperazine rings is 1. The van der Waals surface area contributed by atoms with Gasteiger partial charge >= 0.3 is 6.03 Å². The Balaban J connectivity index is 1.58. The fraction of sp³-hybridized carbons (Fsp3) is 0.467. The Hall–Kier alpha value is -2.08. The molecule has 3 N–H and O–H groups in total. The second-order valence-corrected chi connectivity index (χ2v) is 5.59. The summed E-state index contributed by atoms with van der Waals surface area (Å²) in [4.78, 5) is 27.5. The number of nitrogens with zero attached hydrogens (tertiary/aromatic N) is 2. The molecule has 0 spiro atoms. The first-order chi connectivity index (χ1) is 10.1. The van der Waals surface area contributed by atoms with Gasteiger partial charge < -0.3 is 20.9 Å². The second kappa shape index (κ2) is 5.73. The Morgan fingerprint density at radius 3 is 2.86 bits per heavy atom. The maximum Gasteiger partial charge on any atom is 0.317 e. The molecule has 2 heterocycles. The summed E-state index contributed by atoms with van der Waals surface area (Å²) in [5.74, 6) is 0.0605. The predicted octanol–water partition coefficient (Wildman–Crippen LogP) is 0.313. The van der Waals surface area contributed by atoms with Gasteiger partial charge in [-0.2, -0.15) is 0 Å². The highest BCUT2D eigenvalue weighted by atomic mass is 16.2. The third kappa shape index (κ3) is 2.85. The van der Waals surface area contributed by atoms with Gasteiger partial charge in [-0.3, -0.25) is 4.79 Å². The molecule has 3 amide bonds. The molecule has 0 radical (unpaired) electrons. The third-order valence-electron chi connectivity index (χ3n) is 4.21. The van der Waals surface area contributed by atoms with Crippen molar-refractivity contribution < 1.29 is 9.59 Å². The topological polar surface area (TPSA) is 78.7 Å². The minimum atomic E-state index is -0.278. The summed E-state index contributed by atoms with van der Waals surface area (Å²) in [5.41, 5.74) is 7.08. The number of hydrogen-bond donors (Lipinski definition) is 2. The number of carbonyl (C=O) groups excluding carboxylic acids is 2. The fourth-order valence-electron chi connectivity index (χ4n) is 2.97. The van der Waals surface area contributed by atoms with E-state index in [-0.39, 0.29) is 24.0 Å². The number of nitrogens with one attached hydrogen (secondary N) is 1. The summed E-state index contributed by atoms with van der Waals surface area (Å²) in [6.45, 7) is 2.40. The molecule has 0 bridgehead atoms. The Morgan fingerprint density at radius 1 is 1.33 bits per heavy atom. The van der Waals surface area contributed by atoms with Crippen molar-refractivity contribution in [1.82, 2.24) is 15.1 Å². The average Bonchev–Trinajstić information content (AvgIpc) is 2.89. The first kappa shape index (κ1) is 13.9. The third-order valence-corrected chi connectivity index (χ3v) is 4.21. The SMILES string of the molecule is NC(CC(=O)N1CCN2C(=O)NCC2C1)c1ccccc1. The molecule has 112 valence electrons.